The Morgan fingerprint density at radius 1 is 1.62 bits per heavy atom. The van der Waals surface area contributed by atoms with Crippen LogP contribution in [-0.4, -0.2) is 42.4 Å². The summed E-state index contributed by atoms with van der Waals surface area (Å²) in [6.07, 6.45) is 2.24. The average molecular weight is 242 g/mol. The summed E-state index contributed by atoms with van der Waals surface area (Å²) in [5.74, 6) is -0.186. The summed E-state index contributed by atoms with van der Waals surface area (Å²) >= 11 is 1.24. The minimum Gasteiger partial charge on any atom is -0.376 e. The van der Waals surface area contributed by atoms with Gasteiger partial charge in [-0.25, -0.2) is 0 Å². The SMILES string of the molecule is CNc1nnc(C(=O)NCC2CCCO2)s1. The predicted octanol–water partition coefficient (Wildman–Crippen LogP) is 0.489. The second-order valence-electron chi connectivity index (χ2n) is 3.51. The molecule has 2 rings (SSSR count). The molecule has 16 heavy (non-hydrogen) atoms. The molecule has 1 unspecified atom stereocenters. The second-order valence-corrected chi connectivity index (χ2v) is 4.48. The van der Waals surface area contributed by atoms with E-state index in [1.54, 1.807) is 7.05 Å². The molecule has 1 aliphatic heterocycles. The quantitative estimate of drug-likeness (QED) is 0.803. The number of rotatable bonds is 4. The first-order valence-corrected chi connectivity index (χ1v) is 6.02. The zero-order valence-electron chi connectivity index (χ0n) is 9.02. The second kappa shape index (κ2) is 5.22. The Hall–Kier alpha value is -1.21. The van der Waals surface area contributed by atoms with Crippen LogP contribution in [0.1, 0.15) is 22.6 Å². The minimum atomic E-state index is -0.186. The Morgan fingerprint density at radius 3 is 3.12 bits per heavy atom. The van der Waals surface area contributed by atoms with Gasteiger partial charge in [0.1, 0.15) is 0 Å². The van der Waals surface area contributed by atoms with Gasteiger partial charge in [-0.3, -0.25) is 4.79 Å². The molecule has 2 heterocycles. The molecule has 1 amide bonds. The zero-order valence-corrected chi connectivity index (χ0v) is 9.84. The molecule has 88 valence electrons. The fourth-order valence-electron chi connectivity index (χ4n) is 1.50. The Morgan fingerprint density at radius 2 is 2.50 bits per heavy atom. The lowest BCUT2D eigenvalue weighted by atomic mass is 10.2. The molecule has 1 aromatic heterocycles. The molecule has 2 N–H and O–H groups in total. The van der Waals surface area contributed by atoms with E-state index in [4.69, 9.17) is 4.74 Å². The summed E-state index contributed by atoms with van der Waals surface area (Å²) in [6.45, 7) is 1.34. The standard InChI is InChI=1S/C9H14N4O2S/c1-10-9-13-12-8(16-9)7(14)11-5-6-3-2-4-15-6/h6H,2-5H2,1H3,(H,10,13)(H,11,14). The van der Waals surface area contributed by atoms with E-state index < -0.39 is 0 Å². The van der Waals surface area contributed by atoms with Gasteiger partial charge < -0.3 is 15.4 Å². The molecule has 0 saturated carbocycles. The van der Waals surface area contributed by atoms with Gasteiger partial charge >= 0.3 is 0 Å². The highest BCUT2D eigenvalue weighted by Gasteiger charge is 2.18. The van der Waals surface area contributed by atoms with Crippen molar-refractivity contribution in [3.05, 3.63) is 5.01 Å². The van der Waals surface area contributed by atoms with Gasteiger partial charge in [0.05, 0.1) is 6.10 Å². The molecule has 1 saturated heterocycles. The molecule has 0 spiro atoms. The number of anilines is 1. The molecule has 1 fully saturated rings. The van der Waals surface area contributed by atoms with Gasteiger partial charge in [-0.05, 0) is 12.8 Å². The summed E-state index contributed by atoms with van der Waals surface area (Å²) in [5, 5.41) is 14.2. The van der Waals surface area contributed by atoms with Crippen molar-refractivity contribution in [2.24, 2.45) is 0 Å². The van der Waals surface area contributed by atoms with Crippen molar-refractivity contribution < 1.29 is 9.53 Å². The van der Waals surface area contributed by atoms with Crippen LogP contribution in [0.3, 0.4) is 0 Å². The summed E-state index contributed by atoms with van der Waals surface area (Å²) < 4.78 is 5.41. The lowest BCUT2D eigenvalue weighted by Crippen LogP contribution is -2.31. The molecular weight excluding hydrogens is 228 g/mol. The Labute approximate surface area is 97.4 Å². The van der Waals surface area contributed by atoms with E-state index in [9.17, 15) is 4.79 Å². The Balaban J connectivity index is 1.82. The monoisotopic (exact) mass is 242 g/mol. The number of nitrogens with one attached hydrogen (secondary N) is 2. The Kier molecular flexibility index (Phi) is 3.68. The van der Waals surface area contributed by atoms with Gasteiger partial charge in [0.15, 0.2) is 0 Å². The lowest BCUT2D eigenvalue weighted by molar-refractivity contribution is 0.0857. The van der Waals surface area contributed by atoms with Crippen molar-refractivity contribution in [2.45, 2.75) is 18.9 Å². The number of ether oxygens (including phenoxy) is 1. The third kappa shape index (κ3) is 2.67. The number of carbonyl (C=O) groups excluding carboxylic acids is 1. The van der Waals surface area contributed by atoms with Crippen molar-refractivity contribution in [1.29, 1.82) is 0 Å². The molecule has 6 nitrogen and oxygen atoms in total. The molecule has 0 aliphatic carbocycles. The number of hydrogen-bond acceptors (Lipinski definition) is 6. The fourth-order valence-corrected chi connectivity index (χ4v) is 2.12. The van der Waals surface area contributed by atoms with Gasteiger partial charge in [-0.2, -0.15) is 0 Å². The van der Waals surface area contributed by atoms with Crippen LogP contribution >= 0.6 is 11.3 Å². The van der Waals surface area contributed by atoms with Gasteiger partial charge in [0, 0.05) is 20.2 Å². The van der Waals surface area contributed by atoms with E-state index in [0.29, 0.717) is 16.7 Å². The summed E-state index contributed by atoms with van der Waals surface area (Å²) in [5.41, 5.74) is 0. The van der Waals surface area contributed by atoms with Crippen LogP contribution in [0.2, 0.25) is 0 Å². The van der Waals surface area contributed by atoms with Crippen molar-refractivity contribution in [1.82, 2.24) is 15.5 Å². The van der Waals surface area contributed by atoms with Gasteiger partial charge in [0.25, 0.3) is 5.91 Å². The van der Waals surface area contributed by atoms with E-state index in [-0.39, 0.29) is 12.0 Å². The van der Waals surface area contributed by atoms with Crippen LogP contribution in [0.15, 0.2) is 0 Å². The lowest BCUT2D eigenvalue weighted by Gasteiger charge is -2.08. The highest BCUT2D eigenvalue weighted by molar-refractivity contribution is 7.17. The van der Waals surface area contributed by atoms with Gasteiger partial charge in [-0.1, -0.05) is 11.3 Å². The molecule has 7 heteroatoms. The largest absolute Gasteiger partial charge is 0.376 e. The first-order chi connectivity index (χ1) is 7.79. The van der Waals surface area contributed by atoms with Crippen LogP contribution in [0.25, 0.3) is 0 Å². The minimum absolute atomic E-state index is 0.153. The summed E-state index contributed by atoms with van der Waals surface area (Å²) in [6, 6.07) is 0. The number of carbonyl (C=O) groups is 1. The molecule has 0 aromatic carbocycles. The normalized spacial score (nSPS) is 19.7. The summed E-state index contributed by atoms with van der Waals surface area (Å²) in [4.78, 5) is 11.6. The van der Waals surface area contributed by atoms with E-state index in [0.717, 1.165) is 19.4 Å². The van der Waals surface area contributed by atoms with E-state index in [2.05, 4.69) is 20.8 Å². The van der Waals surface area contributed by atoms with Crippen molar-refractivity contribution >= 4 is 22.4 Å². The highest BCUT2D eigenvalue weighted by Crippen LogP contribution is 2.14. The molecule has 1 aliphatic rings. The highest BCUT2D eigenvalue weighted by atomic mass is 32.1. The van der Waals surface area contributed by atoms with Crippen LogP contribution < -0.4 is 10.6 Å². The van der Waals surface area contributed by atoms with Gasteiger partial charge in [0.2, 0.25) is 10.1 Å². The maximum Gasteiger partial charge on any atom is 0.282 e. The number of hydrogen-bond donors (Lipinski definition) is 2. The van der Waals surface area contributed by atoms with E-state index in [1.165, 1.54) is 11.3 Å². The Bertz CT molecular complexity index is 362. The third-order valence-corrected chi connectivity index (χ3v) is 3.29. The van der Waals surface area contributed by atoms with Crippen molar-refractivity contribution in [3.63, 3.8) is 0 Å². The topological polar surface area (TPSA) is 76.1 Å². The zero-order chi connectivity index (χ0) is 11.4. The van der Waals surface area contributed by atoms with Crippen molar-refractivity contribution in [2.75, 3.05) is 25.5 Å². The number of aromatic nitrogens is 2. The first-order valence-electron chi connectivity index (χ1n) is 5.20. The molecule has 1 aromatic rings. The average Bonchev–Trinajstić information content (AvgIpc) is 2.96. The first kappa shape index (κ1) is 11.3. The fraction of sp³-hybridized carbons (Fsp3) is 0.667. The van der Waals surface area contributed by atoms with E-state index >= 15 is 0 Å². The number of nitrogens with zero attached hydrogens (tertiary/aromatic N) is 2. The predicted molar refractivity (Wildman–Crippen MR) is 60.8 cm³/mol. The smallest absolute Gasteiger partial charge is 0.282 e. The van der Waals surface area contributed by atoms with Crippen LogP contribution in [0, 0.1) is 0 Å². The van der Waals surface area contributed by atoms with E-state index in [1.807, 2.05) is 0 Å². The third-order valence-electron chi connectivity index (χ3n) is 2.35. The van der Waals surface area contributed by atoms with Crippen LogP contribution in [0.4, 0.5) is 5.13 Å². The van der Waals surface area contributed by atoms with Crippen molar-refractivity contribution in [3.8, 4) is 0 Å². The maximum absolute atomic E-state index is 11.6. The molecular formula is C9H14N4O2S. The molecule has 1 atom stereocenters. The summed E-state index contributed by atoms with van der Waals surface area (Å²) in [7, 11) is 1.74. The van der Waals surface area contributed by atoms with Crippen LogP contribution in [-0.2, 0) is 4.74 Å². The van der Waals surface area contributed by atoms with Crippen LogP contribution in [0.5, 0.6) is 0 Å². The number of amides is 1. The molecule has 0 radical (unpaired) electrons. The van der Waals surface area contributed by atoms with Gasteiger partial charge in [-0.15, -0.1) is 10.2 Å². The molecule has 0 bridgehead atoms. The maximum atomic E-state index is 11.6.